The molecule has 30 heavy (non-hydrogen) atoms. The van der Waals surface area contributed by atoms with Crippen molar-refractivity contribution >= 4 is 22.5 Å². The van der Waals surface area contributed by atoms with E-state index in [4.69, 9.17) is 19.8 Å². The van der Waals surface area contributed by atoms with Crippen molar-refractivity contribution in [3.8, 4) is 5.75 Å². The van der Waals surface area contributed by atoms with Crippen LogP contribution in [0.5, 0.6) is 5.75 Å². The minimum absolute atomic E-state index is 0.0695. The second-order valence-corrected chi connectivity index (χ2v) is 7.02. The van der Waals surface area contributed by atoms with Gasteiger partial charge in [0.2, 0.25) is 0 Å². The van der Waals surface area contributed by atoms with Crippen LogP contribution in [0.15, 0.2) is 48.5 Å². The highest BCUT2D eigenvalue weighted by atomic mass is 19.1. The zero-order valence-corrected chi connectivity index (χ0v) is 16.7. The first-order valence-corrected chi connectivity index (χ1v) is 9.63. The average molecular weight is 407 g/mol. The van der Waals surface area contributed by atoms with E-state index in [-0.39, 0.29) is 24.9 Å². The van der Waals surface area contributed by atoms with Crippen molar-refractivity contribution in [1.82, 2.24) is 20.2 Å². The number of aliphatic hydroxyl groups is 1. The average Bonchev–Trinajstić information content (AvgIpc) is 3.16. The molecular weight excluding hydrogens is 385 g/mol. The van der Waals surface area contributed by atoms with Crippen LogP contribution in [0.2, 0.25) is 0 Å². The lowest BCUT2D eigenvalue weighted by Gasteiger charge is -2.15. The first-order valence-electron chi connectivity index (χ1n) is 9.63. The van der Waals surface area contributed by atoms with E-state index < -0.39 is 0 Å². The molecule has 7 nitrogen and oxygen atoms in total. The van der Waals surface area contributed by atoms with Crippen molar-refractivity contribution in [2.24, 2.45) is 0 Å². The van der Waals surface area contributed by atoms with Crippen LogP contribution in [0.25, 0.3) is 10.9 Å². The zero-order chi connectivity index (χ0) is 21.1. The van der Waals surface area contributed by atoms with Gasteiger partial charge in [0, 0.05) is 29.1 Å². The molecule has 0 fully saturated rings. The first kappa shape index (κ1) is 19.8. The number of halogens is 1. The Labute approximate surface area is 173 Å². The van der Waals surface area contributed by atoms with Gasteiger partial charge >= 0.3 is 0 Å². The second kappa shape index (κ2) is 8.46. The summed E-state index contributed by atoms with van der Waals surface area (Å²) in [4.78, 5) is 9.48. The number of ether oxygens (including phenoxy) is 1. The number of aromatic amines is 1. The van der Waals surface area contributed by atoms with Gasteiger partial charge in [0.15, 0.2) is 5.82 Å². The van der Waals surface area contributed by atoms with Gasteiger partial charge in [0.05, 0.1) is 12.1 Å². The maximum atomic E-state index is 13.3. The van der Waals surface area contributed by atoms with Crippen molar-refractivity contribution in [3.63, 3.8) is 0 Å². The first-order chi connectivity index (χ1) is 14.5. The summed E-state index contributed by atoms with van der Waals surface area (Å²) in [6.07, 6.45) is 0. The normalized spacial score (nSPS) is 12.1. The Morgan fingerprint density at radius 1 is 1.13 bits per heavy atom. The third-order valence-electron chi connectivity index (χ3n) is 4.76. The summed E-state index contributed by atoms with van der Waals surface area (Å²) in [6, 6.07) is 13.7. The second-order valence-electron chi connectivity index (χ2n) is 7.02. The number of aliphatic hydroxyl groups excluding tert-OH is 1. The van der Waals surface area contributed by atoms with Gasteiger partial charge in [-0.1, -0.05) is 19.1 Å². The molecule has 1 atom stereocenters. The predicted molar refractivity (Wildman–Crippen MR) is 113 cm³/mol. The summed E-state index contributed by atoms with van der Waals surface area (Å²) < 4.78 is 18.9. The molecule has 0 saturated carbocycles. The van der Waals surface area contributed by atoms with E-state index in [1.165, 1.54) is 12.1 Å². The highest BCUT2D eigenvalue weighted by molar-refractivity contribution is 5.91. The summed E-state index contributed by atoms with van der Waals surface area (Å²) in [5, 5.41) is 20.2. The van der Waals surface area contributed by atoms with E-state index in [1.807, 2.05) is 38.1 Å². The quantitative estimate of drug-likeness (QED) is 0.427. The van der Waals surface area contributed by atoms with Crippen molar-refractivity contribution < 1.29 is 14.2 Å². The van der Waals surface area contributed by atoms with Crippen LogP contribution in [0.1, 0.15) is 29.9 Å². The topological polar surface area (TPSA) is 96.0 Å². The van der Waals surface area contributed by atoms with Crippen LogP contribution in [0.4, 0.5) is 16.0 Å². The van der Waals surface area contributed by atoms with Crippen molar-refractivity contribution in [2.75, 3.05) is 18.5 Å². The Morgan fingerprint density at radius 2 is 1.93 bits per heavy atom. The Hall–Kier alpha value is -3.52. The lowest BCUT2D eigenvalue weighted by Crippen LogP contribution is -2.07. The number of aryl methyl sites for hydroxylation is 1. The Balaban J connectivity index is 1.79. The predicted octanol–water partition coefficient (Wildman–Crippen LogP) is 4.07. The fourth-order valence-corrected chi connectivity index (χ4v) is 3.17. The number of H-pyrrole nitrogens is 1. The Morgan fingerprint density at radius 3 is 2.63 bits per heavy atom. The molecule has 0 spiro atoms. The number of nitrogens with one attached hydrogen (secondary N) is 2. The summed E-state index contributed by atoms with van der Waals surface area (Å²) >= 11 is 0. The molecule has 4 rings (SSSR count). The molecule has 8 heteroatoms. The molecule has 1 unspecified atom stereocenters. The number of benzene rings is 2. The lowest BCUT2D eigenvalue weighted by molar-refractivity contribution is 0.201. The van der Waals surface area contributed by atoms with Crippen LogP contribution >= 0.6 is 0 Å². The summed E-state index contributed by atoms with van der Waals surface area (Å²) in [5.41, 5.74) is 2.53. The number of aromatic nitrogens is 4. The lowest BCUT2D eigenvalue weighted by atomic mass is 10.00. The molecule has 0 radical (unpaired) electrons. The van der Waals surface area contributed by atoms with Gasteiger partial charge in [-0.05, 0) is 36.8 Å². The van der Waals surface area contributed by atoms with Gasteiger partial charge in [-0.15, -0.1) is 0 Å². The molecule has 0 aliphatic heterocycles. The number of hydrogen-bond donors (Lipinski definition) is 3. The van der Waals surface area contributed by atoms with Crippen LogP contribution in [0, 0.1) is 12.7 Å². The summed E-state index contributed by atoms with van der Waals surface area (Å²) in [6.45, 7) is 4.03. The zero-order valence-electron chi connectivity index (χ0n) is 16.7. The van der Waals surface area contributed by atoms with E-state index in [0.29, 0.717) is 28.7 Å². The molecule has 0 bridgehead atoms. The molecule has 2 aromatic carbocycles. The molecule has 0 aliphatic carbocycles. The largest absolute Gasteiger partial charge is 0.491 e. The molecule has 0 amide bonds. The molecule has 0 saturated heterocycles. The van der Waals surface area contributed by atoms with Crippen molar-refractivity contribution in [2.45, 2.75) is 19.8 Å². The molecule has 4 aromatic rings. The Bertz CT molecular complexity index is 1160. The van der Waals surface area contributed by atoms with Gasteiger partial charge in [0.25, 0.3) is 0 Å². The van der Waals surface area contributed by atoms with E-state index >= 15 is 0 Å². The highest BCUT2D eigenvalue weighted by Gasteiger charge is 2.17. The third kappa shape index (κ3) is 4.23. The maximum Gasteiger partial charge on any atom is 0.153 e. The van der Waals surface area contributed by atoms with E-state index in [9.17, 15) is 4.39 Å². The van der Waals surface area contributed by atoms with Crippen molar-refractivity contribution in [3.05, 3.63) is 71.4 Å². The van der Waals surface area contributed by atoms with Crippen LogP contribution in [0.3, 0.4) is 0 Å². The Kier molecular flexibility index (Phi) is 5.58. The van der Waals surface area contributed by atoms with Crippen LogP contribution in [-0.2, 0) is 0 Å². The molecule has 154 valence electrons. The van der Waals surface area contributed by atoms with Crippen molar-refractivity contribution in [1.29, 1.82) is 0 Å². The van der Waals surface area contributed by atoms with Crippen LogP contribution in [-0.4, -0.2) is 38.5 Å². The minimum atomic E-state index is -0.285. The molecular formula is C22H22FN5O2. The minimum Gasteiger partial charge on any atom is -0.491 e. The number of rotatable bonds is 7. The van der Waals surface area contributed by atoms with E-state index in [1.54, 1.807) is 12.1 Å². The third-order valence-corrected chi connectivity index (χ3v) is 4.76. The maximum absolute atomic E-state index is 13.3. The molecule has 2 aromatic heterocycles. The van der Waals surface area contributed by atoms with E-state index in [0.717, 1.165) is 16.6 Å². The SMILES string of the molecule is Cc1cc(Nc2nc(C(C)c3ccc(F)cc3)nc3cc(OCCO)ccc23)n[nH]1. The fourth-order valence-electron chi connectivity index (χ4n) is 3.17. The monoisotopic (exact) mass is 407 g/mol. The molecule has 0 aliphatic rings. The van der Waals surface area contributed by atoms with Gasteiger partial charge in [-0.3, -0.25) is 5.10 Å². The molecule has 2 heterocycles. The van der Waals surface area contributed by atoms with Crippen LogP contribution < -0.4 is 10.1 Å². The van der Waals surface area contributed by atoms with Gasteiger partial charge in [0.1, 0.15) is 29.8 Å². The number of hydrogen-bond acceptors (Lipinski definition) is 6. The number of fused-ring (bicyclic) bond motifs is 1. The summed E-state index contributed by atoms with van der Waals surface area (Å²) in [5.74, 6) is 2.02. The highest BCUT2D eigenvalue weighted by Crippen LogP contribution is 2.30. The number of nitrogens with zero attached hydrogens (tertiary/aromatic N) is 3. The van der Waals surface area contributed by atoms with Gasteiger partial charge < -0.3 is 15.2 Å². The number of anilines is 2. The standard InChI is InChI=1S/C22H22FN5O2/c1-13-11-20(28-27-13)25-22-18-8-7-17(30-10-9-29)12-19(18)24-21(26-22)14(2)15-3-5-16(23)6-4-15/h3-8,11-12,14,29H,9-10H2,1-2H3,(H2,24,25,26,27,28). The smallest absolute Gasteiger partial charge is 0.153 e. The summed E-state index contributed by atoms with van der Waals surface area (Å²) in [7, 11) is 0. The van der Waals surface area contributed by atoms with E-state index in [2.05, 4.69) is 15.5 Å². The van der Waals surface area contributed by atoms with Gasteiger partial charge in [-0.2, -0.15) is 5.10 Å². The van der Waals surface area contributed by atoms with Gasteiger partial charge in [-0.25, -0.2) is 14.4 Å². The molecule has 3 N–H and O–H groups in total. The fraction of sp³-hybridized carbons (Fsp3) is 0.227.